The van der Waals surface area contributed by atoms with E-state index >= 15 is 0 Å². The van der Waals surface area contributed by atoms with E-state index in [4.69, 9.17) is 0 Å². The van der Waals surface area contributed by atoms with Gasteiger partial charge >= 0.3 is 0 Å². The molecule has 0 heterocycles. The van der Waals surface area contributed by atoms with Gasteiger partial charge in [0.25, 0.3) is 5.91 Å². The van der Waals surface area contributed by atoms with E-state index in [1.807, 2.05) is 6.92 Å². The summed E-state index contributed by atoms with van der Waals surface area (Å²) in [5.74, 6) is -0.651. The van der Waals surface area contributed by atoms with Crippen LogP contribution in [0.4, 0.5) is 4.48 Å². The molecule has 0 saturated heterocycles. The third kappa shape index (κ3) is 13.4. The summed E-state index contributed by atoms with van der Waals surface area (Å²) in [5, 5.41) is 0.429. The van der Waals surface area contributed by atoms with Crippen LogP contribution in [-0.4, -0.2) is 74.3 Å². The second-order valence-corrected chi connectivity index (χ2v) is 7.70. The summed E-state index contributed by atoms with van der Waals surface area (Å²) < 4.78 is 14.8. The van der Waals surface area contributed by atoms with Gasteiger partial charge in [0.15, 0.2) is 0 Å². The van der Waals surface area contributed by atoms with Crippen molar-refractivity contribution in [2.45, 2.75) is 52.9 Å². The molecule has 0 N–H and O–H groups in total. The predicted octanol–water partition coefficient (Wildman–Crippen LogP) is 0.338. The smallest absolute Gasteiger partial charge is 0.254 e. The molecule has 0 fully saturated rings. The van der Waals surface area contributed by atoms with Crippen molar-refractivity contribution in [2.24, 2.45) is 5.92 Å². The lowest BCUT2D eigenvalue weighted by Gasteiger charge is -2.27. The summed E-state index contributed by atoms with van der Waals surface area (Å²) in [4.78, 5) is 14.5. The molecule has 1 amide bonds. The van der Waals surface area contributed by atoms with Crippen LogP contribution in [0.1, 0.15) is 52.9 Å². The molecule has 24 heavy (non-hydrogen) atoms. The summed E-state index contributed by atoms with van der Waals surface area (Å²) in [7, 11) is 6.23. The topological polar surface area (TPSA) is 23.6 Å². The van der Waals surface area contributed by atoms with E-state index in [0.29, 0.717) is 18.1 Å². The van der Waals surface area contributed by atoms with Gasteiger partial charge in [-0.2, -0.15) is 5.12 Å². The van der Waals surface area contributed by atoms with Gasteiger partial charge in [0.2, 0.25) is 0 Å². The standard InChI is InChI=1S/C18H39FN3O.HI/c1-7-9-12-20(13-10-8-2)16-17(3)18(23)21(19)14-11-15-22(4,5)6;/h17H,7-16H2,1-6H3;1H/q+1;/p-1. The van der Waals surface area contributed by atoms with Crippen molar-refractivity contribution in [3.8, 4) is 0 Å². The number of quaternary nitrogens is 1. The Morgan fingerprint density at radius 1 is 1.00 bits per heavy atom. The Morgan fingerprint density at radius 2 is 1.50 bits per heavy atom. The lowest BCUT2D eigenvalue weighted by atomic mass is 10.1. The van der Waals surface area contributed by atoms with Crippen LogP contribution in [-0.2, 0) is 4.79 Å². The minimum Gasteiger partial charge on any atom is -1.00 e. The van der Waals surface area contributed by atoms with Gasteiger partial charge in [-0.3, -0.25) is 4.79 Å². The fraction of sp³-hybridized carbons (Fsp3) is 0.944. The minimum atomic E-state index is -0.371. The summed E-state index contributed by atoms with van der Waals surface area (Å²) in [6.07, 6.45) is 5.24. The minimum absolute atomic E-state index is 0. The molecule has 0 bridgehead atoms. The highest BCUT2D eigenvalue weighted by Gasteiger charge is 2.23. The number of rotatable bonds is 13. The molecule has 0 aromatic heterocycles. The highest BCUT2D eigenvalue weighted by atomic mass is 127. The molecule has 0 aromatic rings. The van der Waals surface area contributed by atoms with E-state index in [9.17, 15) is 9.28 Å². The summed E-state index contributed by atoms with van der Waals surface area (Å²) >= 11 is 0. The molecule has 0 aliphatic rings. The van der Waals surface area contributed by atoms with Gasteiger partial charge in [0.05, 0.1) is 40.2 Å². The molecule has 0 rings (SSSR count). The first-order valence-corrected chi connectivity index (χ1v) is 9.21. The first-order valence-electron chi connectivity index (χ1n) is 9.21. The zero-order valence-electron chi connectivity index (χ0n) is 16.7. The van der Waals surface area contributed by atoms with Crippen molar-refractivity contribution in [3.05, 3.63) is 0 Å². The molecular weight excluding hydrogens is 420 g/mol. The molecule has 4 nitrogen and oxygen atoms in total. The molecule has 1 atom stereocenters. The Morgan fingerprint density at radius 3 is 1.92 bits per heavy atom. The first kappa shape index (κ1) is 26.3. The molecule has 0 radical (unpaired) electrons. The summed E-state index contributed by atoms with van der Waals surface area (Å²) in [6.45, 7) is 9.91. The SMILES string of the molecule is CCCCN(CCCC)CC(C)C(=O)N(F)CCC[N+](C)(C)C.[I-]. The van der Waals surface area contributed by atoms with Crippen molar-refractivity contribution in [1.82, 2.24) is 10.0 Å². The highest BCUT2D eigenvalue weighted by Crippen LogP contribution is 2.10. The van der Waals surface area contributed by atoms with E-state index in [-0.39, 0.29) is 42.3 Å². The average molecular weight is 459 g/mol. The number of nitrogens with zero attached hydrogens (tertiary/aromatic N) is 3. The van der Waals surface area contributed by atoms with E-state index in [0.717, 1.165) is 49.8 Å². The Hall–Kier alpha value is 0.0500. The lowest BCUT2D eigenvalue weighted by Crippen LogP contribution is -3.00. The Bertz CT molecular complexity index is 316. The quantitative estimate of drug-likeness (QED) is 0.225. The fourth-order valence-electron chi connectivity index (χ4n) is 2.56. The van der Waals surface area contributed by atoms with Gasteiger partial charge in [-0.25, -0.2) is 0 Å². The summed E-state index contributed by atoms with van der Waals surface area (Å²) in [6, 6.07) is 0. The number of halogens is 2. The van der Waals surface area contributed by atoms with Crippen LogP contribution in [0.2, 0.25) is 0 Å². The maximum atomic E-state index is 14.0. The molecule has 0 saturated carbocycles. The largest absolute Gasteiger partial charge is 1.00 e. The number of amides is 1. The first-order chi connectivity index (χ1) is 10.7. The van der Waals surface area contributed by atoms with Crippen LogP contribution < -0.4 is 24.0 Å². The van der Waals surface area contributed by atoms with Crippen LogP contribution in [0.25, 0.3) is 0 Å². The zero-order valence-corrected chi connectivity index (χ0v) is 18.8. The fourth-order valence-corrected chi connectivity index (χ4v) is 2.56. The van der Waals surface area contributed by atoms with Gasteiger partial charge < -0.3 is 33.4 Å². The van der Waals surface area contributed by atoms with Crippen LogP contribution in [0.15, 0.2) is 0 Å². The average Bonchev–Trinajstić information content (AvgIpc) is 2.47. The third-order valence-electron chi connectivity index (χ3n) is 4.03. The van der Waals surface area contributed by atoms with Crippen molar-refractivity contribution in [1.29, 1.82) is 0 Å². The van der Waals surface area contributed by atoms with Crippen LogP contribution in [0, 0.1) is 5.92 Å². The van der Waals surface area contributed by atoms with Crippen molar-refractivity contribution in [3.63, 3.8) is 0 Å². The number of unbranched alkanes of at least 4 members (excludes halogenated alkanes) is 2. The van der Waals surface area contributed by atoms with E-state index in [1.165, 1.54) is 0 Å². The van der Waals surface area contributed by atoms with Gasteiger partial charge in [0, 0.05) is 13.0 Å². The highest BCUT2D eigenvalue weighted by molar-refractivity contribution is 5.77. The molecule has 0 spiro atoms. The third-order valence-corrected chi connectivity index (χ3v) is 4.03. The molecule has 1 unspecified atom stereocenters. The van der Waals surface area contributed by atoms with Gasteiger partial charge in [0.1, 0.15) is 0 Å². The van der Waals surface area contributed by atoms with Crippen LogP contribution in [0.5, 0.6) is 0 Å². The van der Waals surface area contributed by atoms with E-state index in [1.54, 1.807) is 0 Å². The maximum Gasteiger partial charge on any atom is 0.254 e. The molecule has 0 aromatic carbocycles. The Kier molecular flexibility index (Phi) is 15.6. The normalized spacial score (nSPS) is 12.8. The van der Waals surface area contributed by atoms with Crippen molar-refractivity contribution in [2.75, 3.05) is 53.9 Å². The van der Waals surface area contributed by atoms with E-state index < -0.39 is 0 Å². The van der Waals surface area contributed by atoms with Crippen molar-refractivity contribution < 1.29 is 37.7 Å². The van der Waals surface area contributed by atoms with E-state index in [2.05, 4.69) is 39.9 Å². The number of hydrogen-bond donors (Lipinski definition) is 0. The second-order valence-electron chi connectivity index (χ2n) is 7.70. The maximum absolute atomic E-state index is 14.0. The molecule has 0 aliphatic carbocycles. The molecule has 0 aliphatic heterocycles. The Balaban J connectivity index is 0. The van der Waals surface area contributed by atoms with Crippen LogP contribution in [0.3, 0.4) is 0 Å². The van der Waals surface area contributed by atoms with Gasteiger partial charge in [-0.05, 0) is 25.9 Å². The molecule has 6 heteroatoms. The second kappa shape index (κ2) is 14.2. The number of carbonyl (C=O) groups is 1. The number of carbonyl (C=O) groups excluding carboxylic acids is 1. The monoisotopic (exact) mass is 459 g/mol. The zero-order chi connectivity index (χ0) is 17.9. The molecule has 146 valence electrons. The van der Waals surface area contributed by atoms with Crippen LogP contribution >= 0.6 is 0 Å². The lowest BCUT2D eigenvalue weighted by molar-refractivity contribution is -0.870. The van der Waals surface area contributed by atoms with Crippen molar-refractivity contribution >= 4 is 5.91 Å². The van der Waals surface area contributed by atoms with Gasteiger partial charge in [-0.15, -0.1) is 0 Å². The number of hydrogen-bond acceptors (Lipinski definition) is 2. The molecular formula is C18H39FIN3O. The summed E-state index contributed by atoms with van der Waals surface area (Å²) in [5.41, 5.74) is 0. The van der Waals surface area contributed by atoms with Gasteiger partial charge in [-0.1, -0.05) is 38.1 Å². The Labute approximate surface area is 166 Å². The predicted molar refractivity (Wildman–Crippen MR) is 95.8 cm³/mol.